The highest BCUT2D eigenvalue weighted by Gasteiger charge is 2.08. The Bertz CT molecular complexity index is 620. The van der Waals surface area contributed by atoms with Crippen molar-refractivity contribution in [3.63, 3.8) is 0 Å². The Labute approximate surface area is 119 Å². The van der Waals surface area contributed by atoms with Gasteiger partial charge in [-0.05, 0) is 43.2 Å². The van der Waals surface area contributed by atoms with Gasteiger partial charge in [0.05, 0.1) is 7.11 Å². The van der Waals surface area contributed by atoms with Gasteiger partial charge in [-0.2, -0.15) is 0 Å². The Kier molecular flexibility index (Phi) is 4.41. The van der Waals surface area contributed by atoms with E-state index in [4.69, 9.17) is 4.74 Å². The highest BCUT2D eigenvalue weighted by Crippen LogP contribution is 2.17. The number of aryl methyl sites for hydroxylation is 2. The number of nitrogens with one attached hydrogen (secondary N) is 1. The van der Waals surface area contributed by atoms with Crippen molar-refractivity contribution >= 4 is 5.91 Å². The third kappa shape index (κ3) is 3.18. The zero-order valence-electron chi connectivity index (χ0n) is 12.1. The number of methoxy groups -OCH3 is 1. The Morgan fingerprint density at radius 3 is 2.55 bits per heavy atom. The van der Waals surface area contributed by atoms with E-state index in [2.05, 4.69) is 5.32 Å². The molecule has 2 aromatic rings. The van der Waals surface area contributed by atoms with Gasteiger partial charge in [-0.15, -0.1) is 0 Å². The van der Waals surface area contributed by atoms with Crippen molar-refractivity contribution < 1.29 is 9.53 Å². The third-order valence-corrected chi connectivity index (χ3v) is 3.40. The maximum atomic E-state index is 12.1. The molecule has 0 aliphatic rings. The highest BCUT2D eigenvalue weighted by molar-refractivity contribution is 5.94. The van der Waals surface area contributed by atoms with E-state index in [0.717, 1.165) is 16.9 Å². The number of amides is 1. The lowest BCUT2D eigenvalue weighted by molar-refractivity contribution is 0.0950. The fourth-order valence-electron chi connectivity index (χ4n) is 2.01. The molecule has 0 radical (unpaired) electrons. The van der Waals surface area contributed by atoms with Crippen molar-refractivity contribution in [1.82, 2.24) is 5.32 Å². The van der Waals surface area contributed by atoms with Gasteiger partial charge in [0.15, 0.2) is 0 Å². The van der Waals surface area contributed by atoms with Crippen LogP contribution < -0.4 is 10.1 Å². The summed E-state index contributed by atoms with van der Waals surface area (Å²) in [6.45, 7) is 4.49. The summed E-state index contributed by atoms with van der Waals surface area (Å²) in [6.07, 6.45) is 0. The Hall–Kier alpha value is -2.29. The maximum absolute atomic E-state index is 12.1. The molecule has 2 rings (SSSR count). The number of ether oxygens (including phenoxy) is 1. The Morgan fingerprint density at radius 2 is 1.85 bits per heavy atom. The van der Waals surface area contributed by atoms with Gasteiger partial charge in [0.1, 0.15) is 5.75 Å². The molecule has 0 heterocycles. The second-order valence-electron chi connectivity index (χ2n) is 4.79. The molecule has 20 heavy (non-hydrogen) atoms. The first-order chi connectivity index (χ1) is 9.61. The first kappa shape index (κ1) is 14.1. The summed E-state index contributed by atoms with van der Waals surface area (Å²) in [6, 6.07) is 13.4. The van der Waals surface area contributed by atoms with Crippen LogP contribution in [0.5, 0.6) is 5.75 Å². The van der Waals surface area contributed by atoms with Crippen LogP contribution in [0, 0.1) is 13.8 Å². The van der Waals surface area contributed by atoms with Gasteiger partial charge >= 0.3 is 0 Å². The van der Waals surface area contributed by atoms with Crippen LogP contribution >= 0.6 is 0 Å². The molecule has 0 bridgehead atoms. The standard InChI is InChI=1S/C17H19NO2/c1-12-8-9-14(10-13(12)2)17(19)18-11-15-6-4-5-7-16(15)20-3/h4-10H,11H2,1-3H3,(H,18,19). The summed E-state index contributed by atoms with van der Waals surface area (Å²) >= 11 is 0. The number of carbonyl (C=O) groups excluding carboxylic acids is 1. The number of carbonyl (C=O) groups is 1. The molecule has 0 aliphatic heterocycles. The largest absolute Gasteiger partial charge is 0.496 e. The van der Waals surface area contributed by atoms with Crippen LogP contribution in [0.25, 0.3) is 0 Å². The molecule has 0 unspecified atom stereocenters. The fraction of sp³-hybridized carbons (Fsp3) is 0.235. The average molecular weight is 269 g/mol. The summed E-state index contributed by atoms with van der Waals surface area (Å²) in [5.41, 5.74) is 3.96. The van der Waals surface area contributed by atoms with E-state index in [1.165, 1.54) is 5.56 Å². The van der Waals surface area contributed by atoms with Gasteiger partial charge in [-0.3, -0.25) is 4.79 Å². The molecule has 0 spiro atoms. The molecular formula is C17H19NO2. The number of benzene rings is 2. The van der Waals surface area contributed by atoms with Gasteiger partial charge in [0.25, 0.3) is 5.91 Å². The molecule has 2 aromatic carbocycles. The van der Waals surface area contributed by atoms with E-state index in [9.17, 15) is 4.79 Å². The van der Waals surface area contributed by atoms with E-state index < -0.39 is 0 Å². The van der Waals surface area contributed by atoms with Crippen LogP contribution in [0.1, 0.15) is 27.0 Å². The molecule has 0 atom stereocenters. The molecule has 3 heteroatoms. The molecule has 0 saturated heterocycles. The summed E-state index contributed by atoms with van der Waals surface area (Å²) in [4.78, 5) is 12.1. The van der Waals surface area contributed by atoms with Gasteiger partial charge in [0.2, 0.25) is 0 Å². The molecule has 1 N–H and O–H groups in total. The summed E-state index contributed by atoms with van der Waals surface area (Å²) in [7, 11) is 1.63. The second kappa shape index (κ2) is 6.24. The van der Waals surface area contributed by atoms with Crippen molar-refractivity contribution in [1.29, 1.82) is 0 Å². The van der Waals surface area contributed by atoms with E-state index in [-0.39, 0.29) is 5.91 Å². The molecule has 0 aliphatic carbocycles. The number of para-hydroxylation sites is 1. The van der Waals surface area contributed by atoms with Gasteiger partial charge in [-0.25, -0.2) is 0 Å². The predicted molar refractivity (Wildman–Crippen MR) is 80.1 cm³/mol. The average Bonchev–Trinajstić information content (AvgIpc) is 2.47. The summed E-state index contributed by atoms with van der Waals surface area (Å²) in [5, 5.41) is 2.92. The van der Waals surface area contributed by atoms with E-state index in [0.29, 0.717) is 12.1 Å². The van der Waals surface area contributed by atoms with Crippen molar-refractivity contribution in [3.8, 4) is 5.75 Å². The topological polar surface area (TPSA) is 38.3 Å². The first-order valence-corrected chi connectivity index (χ1v) is 6.59. The lowest BCUT2D eigenvalue weighted by Gasteiger charge is -2.10. The van der Waals surface area contributed by atoms with E-state index in [1.54, 1.807) is 7.11 Å². The molecule has 0 saturated carbocycles. The summed E-state index contributed by atoms with van der Waals surface area (Å²) < 4.78 is 5.27. The van der Waals surface area contributed by atoms with Gasteiger partial charge < -0.3 is 10.1 Å². The number of hydrogen-bond donors (Lipinski definition) is 1. The molecular weight excluding hydrogens is 250 g/mol. The van der Waals surface area contributed by atoms with Crippen LogP contribution in [0.4, 0.5) is 0 Å². The molecule has 3 nitrogen and oxygen atoms in total. The lowest BCUT2D eigenvalue weighted by Crippen LogP contribution is -2.23. The van der Waals surface area contributed by atoms with Crippen molar-refractivity contribution in [2.75, 3.05) is 7.11 Å². The predicted octanol–water partition coefficient (Wildman–Crippen LogP) is 3.24. The molecule has 0 aromatic heterocycles. The minimum atomic E-state index is -0.0704. The van der Waals surface area contributed by atoms with Crippen molar-refractivity contribution in [2.45, 2.75) is 20.4 Å². The molecule has 0 fully saturated rings. The van der Waals surface area contributed by atoms with Crippen LogP contribution in [0.3, 0.4) is 0 Å². The number of hydrogen-bond acceptors (Lipinski definition) is 2. The van der Waals surface area contributed by atoms with Crippen LogP contribution in [-0.4, -0.2) is 13.0 Å². The van der Waals surface area contributed by atoms with Crippen LogP contribution in [0.2, 0.25) is 0 Å². The Morgan fingerprint density at radius 1 is 1.10 bits per heavy atom. The van der Waals surface area contributed by atoms with Crippen LogP contribution in [0.15, 0.2) is 42.5 Å². The fourth-order valence-corrected chi connectivity index (χ4v) is 2.01. The van der Waals surface area contributed by atoms with Gasteiger partial charge in [0, 0.05) is 17.7 Å². The second-order valence-corrected chi connectivity index (χ2v) is 4.79. The van der Waals surface area contributed by atoms with Crippen molar-refractivity contribution in [2.24, 2.45) is 0 Å². The smallest absolute Gasteiger partial charge is 0.251 e. The van der Waals surface area contributed by atoms with Crippen LogP contribution in [-0.2, 0) is 6.54 Å². The first-order valence-electron chi connectivity index (χ1n) is 6.59. The molecule has 104 valence electrons. The maximum Gasteiger partial charge on any atom is 0.251 e. The molecule has 1 amide bonds. The minimum absolute atomic E-state index is 0.0704. The monoisotopic (exact) mass is 269 g/mol. The lowest BCUT2D eigenvalue weighted by atomic mass is 10.1. The van der Waals surface area contributed by atoms with E-state index in [1.807, 2.05) is 56.3 Å². The van der Waals surface area contributed by atoms with Crippen molar-refractivity contribution in [3.05, 3.63) is 64.7 Å². The third-order valence-electron chi connectivity index (χ3n) is 3.40. The zero-order valence-corrected chi connectivity index (χ0v) is 12.1. The van der Waals surface area contributed by atoms with E-state index >= 15 is 0 Å². The zero-order chi connectivity index (χ0) is 14.5. The quantitative estimate of drug-likeness (QED) is 0.925. The SMILES string of the molecule is COc1ccccc1CNC(=O)c1ccc(C)c(C)c1. The number of rotatable bonds is 4. The minimum Gasteiger partial charge on any atom is -0.496 e. The summed E-state index contributed by atoms with van der Waals surface area (Å²) in [5.74, 6) is 0.715. The Balaban J connectivity index is 2.06. The van der Waals surface area contributed by atoms with Gasteiger partial charge in [-0.1, -0.05) is 24.3 Å². The highest BCUT2D eigenvalue weighted by atomic mass is 16.5. The normalized spacial score (nSPS) is 10.2.